The third-order valence-electron chi connectivity index (χ3n) is 4.79. The highest BCUT2D eigenvalue weighted by atomic mass is 35.5. The van der Waals surface area contributed by atoms with Gasteiger partial charge in [-0.25, -0.2) is 16.8 Å². The molecule has 2 aromatic carbocycles. The zero-order valence-corrected chi connectivity index (χ0v) is 17.4. The van der Waals surface area contributed by atoms with Crippen molar-refractivity contribution >= 4 is 31.5 Å². The zero-order chi connectivity index (χ0) is 19.7. The standard InChI is InChI=1S/C19H22ClNO4S2/c1-2-3-15-4-8-18(9-5-15)27(24,25)21-13-12-19(14-21)26(22,23)17-10-6-16(20)7-11-17/h4-11,19H,2-3,12-14H2,1H3. The van der Waals surface area contributed by atoms with E-state index in [0.29, 0.717) is 5.02 Å². The molecule has 2 aromatic rings. The van der Waals surface area contributed by atoms with Gasteiger partial charge in [0.25, 0.3) is 0 Å². The van der Waals surface area contributed by atoms with E-state index < -0.39 is 25.1 Å². The van der Waals surface area contributed by atoms with Crippen molar-refractivity contribution < 1.29 is 16.8 Å². The van der Waals surface area contributed by atoms with E-state index in [1.54, 1.807) is 12.1 Å². The van der Waals surface area contributed by atoms with Crippen LogP contribution in [0.1, 0.15) is 25.3 Å². The smallest absolute Gasteiger partial charge is 0.223 e. The van der Waals surface area contributed by atoms with Gasteiger partial charge in [0, 0.05) is 18.1 Å². The van der Waals surface area contributed by atoms with Crippen LogP contribution in [0.3, 0.4) is 0 Å². The van der Waals surface area contributed by atoms with E-state index in [4.69, 9.17) is 11.6 Å². The Labute approximate surface area is 165 Å². The number of aryl methyl sites for hydroxylation is 1. The Bertz CT molecular complexity index is 1000. The Morgan fingerprint density at radius 2 is 1.56 bits per heavy atom. The van der Waals surface area contributed by atoms with E-state index in [9.17, 15) is 16.8 Å². The fourth-order valence-electron chi connectivity index (χ4n) is 3.25. The van der Waals surface area contributed by atoms with Gasteiger partial charge in [0.1, 0.15) is 0 Å². The van der Waals surface area contributed by atoms with Crippen LogP contribution in [0.5, 0.6) is 0 Å². The molecule has 0 spiro atoms. The Balaban J connectivity index is 1.79. The van der Waals surface area contributed by atoms with E-state index in [0.717, 1.165) is 18.4 Å². The number of sulfone groups is 1. The Kier molecular flexibility index (Phi) is 5.96. The second-order valence-electron chi connectivity index (χ2n) is 6.67. The lowest BCUT2D eigenvalue weighted by Gasteiger charge is -2.17. The van der Waals surface area contributed by atoms with Crippen molar-refractivity contribution in [2.45, 2.75) is 41.2 Å². The summed E-state index contributed by atoms with van der Waals surface area (Å²) in [6, 6.07) is 12.8. The molecule has 0 saturated carbocycles. The second-order valence-corrected chi connectivity index (χ2v) is 11.3. The number of rotatable bonds is 6. The molecule has 1 atom stereocenters. The molecule has 8 heteroatoms. The molecule has 0 aliphatic carbocycles. The maximum atomic E-state index is 12.9. The predicted octanol–water partition coefficient (Wildman–Crippen LogP) is 3.53. The van der Waals surface area contributed by atoms with Crippen molar-refractivity contribution in [3.63, 3.8) is 0 Å². The lowest BCUT2D eigenvalue weighted by atomic mass is 10.1. The summed E-state index contributed by atoms with van der Waals surface area (Å²) in [6.45, 7) is 2.22. The van der Waals surface area contributed by atoms with Crippen LogP contribution in [0.4, 0.5) is 0 Å². The first-order valence-corrected chi connectivity index (χ1v) is 12.2. The number of halogens is 1. The molecule has 1 heterocycles. The van der Waals surface area contributed by atoms with E-state index in [1.165, 1.54) is 28.6 Å². The maximum absolute atomic E-state index is 12.9. The van der Waals surface area contributed by atoms with Gasteiger partial charge < -0.3 is 0 Å². The van der Waals surface area contributed by atoms with Crippen LogP contribution < -0.4 is 0 Å². The van der Waals surface area contributed by atoms with Crippen LogP contribution >= 0.6 is 11.6 Å². The number of nitrogens with zero attached hydrogens (tertiary/aromatic N) is 1. The number of sulfonamides is 1. The zero-order valence-electron chi connectivity index (χ0n) is 15.0. The van der Waals surface area contributed by atoms with Gasteiger partial charge in [-0.3, -0.25) is 0 Å². The third kappa shape index (κ3) is 4.21. The molecule has 146 valence electrons. The Morgan fingerprint density at radius 3 is 2.15 bits per heavy atom. The molecule has 0 aromatic heterocycles. The van der Waals surface area contributed by atoms with Gasteiger partial charge >= 0.3 is 0 Å². The molecule has 1 fully saturated rings. The molecule has 0 bridgehead atoms. The summed E-state index contributed by atoms with van der Waals surface area (Å²) in [7, 11) is -7.31. The predicted molar refractivity (Wildman–Crippen MR) is 106 cm³/mol. The number of hydrogen-bond donors (Lipinski definition) is 0. The monoisotopic (exact) mass is 427 g/mol. The summed E-state index contributed by atoms with van der Waals surface area (Å²) in [4.78, 5) is 0.368. The topological polar surface area (TPSA) is 71.5 Å². The molecule has 0 amide bonds. The molecule has 0 radical (unpaired) electrons. The molecule has 1 aliphatic rings. The minimum atomic E-state index is -3.70. The molecular weight excluding hydrogens is 406 g/mol. The molecule has 1 saturated heterocycles. The molecule has 5 nitrogen and oxygen atoms in total. The van der Waals surface area contributed by atoms with Gasteiger partial charge in [-0.2, -0.15) is 4.31 Å². The van der Waals surface area contributed by atoms with Gasteiger partial charge in [-0.1, -0.05) is 37.1 Å². The van der Waals surface area contributed by atoms with Gasteiger partial charge in [0.05, 0.1) is 15.0 Å². The fraction of sp³-hybridized carbons (Fsp3) is 0.368. The van der Waals surface area contributed by atoms with Crippen LogP contribution in [0.25, 0.3) is 0 Å². The molecule has 27 heavy (non-hydrogen) atoms. The van der Waals surface area contributed by atoms with Crippen molar-refractivity contribution in [1.82, 2.24) is 4.31 Å². The Hall–Kier alpha value is -1.41. The first kappa shape index (κ1) is 20.3. The molecule has 1 aliphatic heterocycles. The molecule has 0 N–H and O–H groups in total. The number of hydrogen-bond acceptors (Lipinski definition) is 4. The summed E-state index contributed by atoms with van der Waals surface area (Å²) in [5.74, 6) is 0. The van der Waals surface area contributed by atoms with Crippen LogP contribution in [0, 0.1) is 0 Å². The average Bonchev–Trinajstić information content (AvgIpc) is 3.15. The van der Waals surface area contributed by atoms with E-state index >= 15 is 0 Å². The highest BCUT2D eigenvalue weighted by Crippen LogP contribution is 2.28. The SMILES string of the molecule is CCCc1ccc(S(=O)(=O)N2CCC(S(=O)(=O)c3ccc(Cl)cc3)C2)cc1. The van der Waals surface area contributed by atoms with Crippen molar-refractivity contribution in [2.24, 2.45) is 0 Å². The first-order valence-electron chi connectivity index (χ1n) is 8.83. The van der Waals surface area contributed by atoms with Crippen LogP contribution in [0.2, 0.25) is 5.02 Å². The molecule has 3 rings (SSSR count). The van der Waals surface area contributed by atoms with E-state index in [1.807, 2.05) is 12.1 Å². The Morgan fingerprint density at radius 1 is 0.963 bits per heavy atom. The summed E-state index contributed by atoms with van der Waals surface area (Å²) >= 11 is 5.82. The number of benzene rings is 2. The van der Waals surface area contributed by atoms with Crippen LogP contribution in [0.15, 0.2) is 58.3 Å². The van der Waals surface area contributed by atoms with E-state index in [-0.39, 0.29) is 29.3 Å². The molecule has 1 unspecified atom stereocenters. The minimum absolute atomic E-state index is 0.0377. The lowest BCUT2D eigenvalue weighted by Crippen LogP contribution is -2.32. The largest absolute Gasteiger partial charge is 0.243 e. The van der Waals surface area contributed by atoms with Crippen LogP contribution in [-0.4, -0.2) is 39.5 Å². The van der Waals surface area contributed by atoms with Crippen molar-refractivity contribution in [3.8, 4) is 0 Å². The van der Waals surface area contributed by atoms with Crippen molar-refractivity contribution in [3.05, 3.63) is 59.1 Å². The van der Waals surface area contributed by atoms with Gasteiger partial charge in [-0.15, -0.1) is 0 Å². The lowest BCUT2D eigenvalue weighted by molar-refractivity contribution is 0.476. The minimum Gasteiger partial charge on any atom is -0.223 e. The quantitative estimate of drug-likeness (QED) is 0.707. The normalized spacial score (nSPS) is 18.7. The highest BCUT2D eigenvalue weighted by Gasteiger charge is 2.39. The van der Waals surface area contributed by atoms with Crippen molar-refractivity contribution in [1.29, 1.82) is 0 Å². The third-order valence-corrected chi connectivity index (χ3v) is 9.11. The molecular formula is C19H22ClNO4S2. The summed E-state index contributed by atoms with van der Waals surface area (Å²) < 4.78 is 52.6. The van der Waals surface area contributed by atoms with Gasteiger partial charge in [-0.05, 0) is 54.8 Å². The average molecular weight is 428 g/mol. The second kappa shape index (κ2) is 7.91. The maximum Gasteiger partial charge on any atom is 0.243 e. The fourth-order valence-corrected chi connectivity index (χ4v) is 6.66. The van der Waals surface area contributed by atoms with E-state index in [2.05, 4.69) is 6.92 Å². The van der Waals surface area contributed by atoms with Crippen LogP contribution in [-0.2, 0) is 26.3 Å². The van der Waals surface area contributed by atoms with Crippen molar-refractivity contribution in [2.75, 3.05) is 13.1 Å². The first-order chi connectivity index (χ1) is 12.7. The summed E-state index contributed by atoms with van der Waals surface area (Å²) in [5, 5.41) is -0.302. The highest BCUT2D eigenvalue weighted by molar-refractivity contribution is 7.92. The van der Waals surface area contributed by atoms with Gasteiger partial charge in [0.15, 0.2) is 9.84 Å². The summed E-state index contributed by atoms with van der Waals surface area (Å²) in [6.07, 6.45) is 2.16. The van der Waals surface area contributed by atoms with Gasteiger partial charge in [0.2, 0.25) is 10.0 Å². The summed E-state index contributed by atoms with van der Waals surface area (Å²) in [5.41, 5.74) is 1.08.